The van der Waals surface area contributed by atoms with Crippen molar-refractivity contribution in [3.05, 3.63) is 65.2 Å². The van der Waals surface area contributed by atoms with Gasteiger partial charge in [-0.3, -0.25) is 0 Å². The van der Waals surface area contributed by atoms with Gasteiger partial charge in [-0.05, 0) is 29.8 Å². The van der Waals surface area contributed by atoms with Crippen LogP contribution in [0, 0.1) is 0 Å². The summed E-state index contributed by atoms with van der Waals surface area (Å²) in [6.45, 7) is 0. The molecule has 0 saturated carbocycles. The molecule has 7 heteroatoms. The minimum absolute atomic E-state index is 0.740. The Kier molecular flexibility index (Phi) is 4.60. The van der Waals surface area contributed by atoms with Crippen LogP contribution in [0.25, 0.3) is 0 Å². The zero-order valence-corrected chi connectivity index (χ0v) is 13.5. The zero-order valence-electron chi connectivity index (χ0n) is 11.9. The summed E-state index contributed by atoms with van der Waals surface area (Å²) in [5, 5.41) is 13.9. The second-order valence-corrected chi connectivity index (χ2v) is 6.04. The monoisotopic (exact) mass is 331 g/mol. The summed E-state index contributed by atoms with van der Waals surface area (Å²) in [4.78, 5) is 0. The lowest BCUT2D eigenvalue weighted by molar-refractivity contribution is 0.764. The Morgan fingerprint density at radius 1 is 1.27 bits per heavy atom. The first-order valence-electron chi connectivity index (χ1n) is 6.65. The summed E-state index contributed by atoms with van der Waals surface area (Å²) in [5.74, 6) is 0.787. The van der Waals surface area contributed by atoms with E-state index in [4.69, 9.17) is 11.6 Å². The molecule has 0 aliphatic rings. The van der Waals surface area contributed by atoms with Gasteiger partial charge >= 0.3 is 0 Å². The maximum absolute atomic E-state index is 5.89. The van der Waals surface area contributed by atoms with Gasteiger partial charge in [-0.25, -0.2) is 0 Å². The predicted molar refractivity (Wildman–Crippen MR) is 89.4 cm³/mol. The molecule has 0 N–H and O–H groups in total. The topological polar surface area (TPSA) is 48.0 Å². The largest absolute Gasteiger partial charge is 0.350 e. The fraction of sp³-hybridized carbons (Fsp3) is 0.133. The van der Waals surface area contributed by atoms with Crippen LogP contribution in [0.5, 0.6) is 0 Å². The number of nitrogens with zero attached hydrogens (tertiary/aromatic N) is 5. The Balaban J connectivity index is 1.68. The van der Waals surface area contributed by atoms with Gasteiger partial charge in [0.25, 0.3) is 0 Å². The zero-order chi connectivity index (χ0) is 15.4. The maximum Gasteiger partial charge on any atom is 0.212 e. The van der Waals surface area contributed by atoms with Crippen LogP contribution < -0.4 is 0 Å². The van der Waals surface area contributed by atoms with Crippen LogP contribution in [-0.2, 0) is 12.8 Å². The van der Waals surface area contributed by atoms with Crippen molar-refractivity contribution in [2.45, 2.75) is 10.9 Å². The highest BCUT2D eigenvalue weighted by molar-refractivity contribution is 7.98. The lowest BCUT2D eigenvalue weighted by Gasteiger charge is -2.02. The van der Waals surface area contributed by atoms with E-state index in [1.807, 2.05) is 54.2 Å². The van der Waals surface area contributed by atoms with Crippen LogP contribution in [0.2, 0.25) is 5.02 Å². The first-order valence-corrected chi connectivity index (χ1v) is 8.02. The van der Waals surface area contributed by atoms with Gasteiger partial charge in [0.15, 0.2) is 0 Å². The molecule has 0 fully saturated rings. The average molecular weight is 332 g/mol. The van der Waals surface area contributed by atoms with E-state index in [2.05, 4.69) is 15.3 Å². The van der Waals surface area contributed by atoms with E-state index >= 15 is 0 Å². The molecule has 5 nitrogen and oxygen atoms in total. The van der Waals surface area contributed by atoms with Gasteiger partial charge in [-0.15, -0.1) is 10.2 Å². The van der Waals surface area contributed by atoms with Crippen molar-refractivity contribution >= 4 is 29.6 Å². The molecule has 0 saturated heterocycles. The van der Waals surface area contributed by atoms with Crippen LogP contribution in [0.15, 0.2) is 59.2 Å². The molecule has 3 aromatic rings. The summed E-state index contributed by atoms with van der Waals surface area (Å²) in [6.07, 6.45) is 5.36. The number of aryl methyl sites for hydroxylation is 1. The third-order valence-corrected chi connectivity index (χ3v) is 4.34. The Labute approximate surface area is 137 Å². The van der Waals surface area contributed by atoms with Gasteiger partial charge in [0.2, 0.25) is 5.16 Å². The quantitative estimate of drug-likeness (QED) is 0.531. The third-order valence-electron chi connectivity index (χ3n) is 3.08. The Morgan fingerprint density at radius 2 is 2.09 bits per heavy atom. The van der Waals surface area contributed by atoms with Crippen molar-refractivity contribution in [2.75, 3.05) is 0 Å². The summed E-state index contributed by atoms with van der Waals surface area (Å²) < 4.78 is 3.67. The molecule has 1 aromatic carbocycles. The fourth-order valence-electron chi connectivity index (χ4n) is 1.85. The molecule has 0 radical (unpaired) electrons. The van der Waals surface area contributed by atoms with Crippen molar-refractivity contribution < 1.29 is 0 Å². The van der Waals surface area contributed by atoms with Gasteiger partial charge in [-0.2, -0.15) is 9.78 Å². The molecule has 3 rings (SSSR count). The third kappa shape index (κ3) is 3.58. The first-order chi connectivity index (χ1) is 10.7. The molecular weight excluding hydrogens is 318 g/mol. The van der Waals surface area contributed by atoms with E-state index in [1.165, 1.54) is 5.56 Å². The van der Waals surface area contributed by atoms with Gasteiger partial charge in [0.1, 0.15) is 6.33 Å². The summed E-state index contributed by atoms with van der Waals surface area (Å²) in [6, 6.07) is 11.7. The van der Waals surface area contributed by atoms with E-state index < -0.39 is 0 Å². The predicted octanol–water partition coefficient (Wildman–Crippen LogP) is 3.44. The highest BCUT2D eigenvalue weighted by Crippen LogP contribution is 2.21. The number of aromatic nitrogens is 4. The van der Waals surface area contributed by atoms with E-state index in [9.17, 15) is 0 Å². The van der Waals surface area contributed by atoms with Crippen LogP contribution in [0.3, 0.4) is 0 Å². The molecule has 112 valence electrons. The highest BCUT2D eigenvalue weighted by Gasteiger charge is 2.05. The number of benzene rings is 1. The molecule has 0 amide bonds. The molecule has 0 aliphatic heterocycles. The Hall–Kier alpha value is -2.05. The number of rotatable bonds is 5. The number of hydrogen-bond donors (Lipinski definition) is 0. The van der Waals surface area contributed by atoms with Crippen LogP contribution in [-0.4, -0.2) is 25.7 Å². The normalized spacial score (nSPS) is 11.4. The van der Waals surface area contributed by atoms with Crippen LogP contribution in [0.1, 0.15) is 11.3 Å². The van der Waals surface area contributed by atoms with Gasteiger partial charge in [0.05, 0.1) is 11.9 Å². The molecule has 0 spiro atoms. The van der Waals surface area contributed by atoms with E-state index in [0.29, 0.717) is 0 Å². The highest BCUT2D eigenvalue weighted by atomic mass is 35.5. The van der Waals surface area contributed by atoms with Crippen molar-refractivity contribution in [1.82, 2.24) is 19.4 Å². The number of hydrogen-bond acceptors (Lipinski definition) is 4. The summed E-state index contributed by atoms with van der Waals surface area (Å²) >= 11 is 7.46. The second kappa shape index (κ2) is 6.81. The van der Waals surface area contributed by atoms with Gasteiger partial charge in [-0.1, -0.05) is 35.5 Å². The van der Waals surface area contributed by atoms with Gasteiger partial charge < -0.3 is 4.57 Å². The molecule has 0 unspecified atom stereocenters. The van der Waals surface area contributed by atoms with Crippen molar-refractivity contribution in [3.8, 4) is 0 Å². The minimum atomic E-state index is 0.740. The standard InChI is InChI=1S/C15H14ClN5S/c1-20-8-2-3-14(20)9-18-21-11-17-19-15(21)22-10-12-4-6-13(16)7-5-12/h2-9,11H,10H2,1H3/b18-9+. The van der Waals surface area contributed by atoms with E-state index in [1.54, 1.807) is 29.0 Å². The van der Waals surface area contributed by atoms with Crippen LogP contribution in [0.4, 0.5) is 0 Å². The van der Waals surface area contributed by atoms with E-state index in [0.717, 1.165) is 21.6 Å². The molecule has 0 bridgehead atoms. The van der Waals surface area contributed by atoms with Crippen molar-refractivity contribution in [2.24, 2.45) is 12.1 Å². The Bertz CT molecular complexity index is 775. The van der Waals surface area contributed by atoms with Crippen molar-refractivity contribution in [3.63, 3.8) is 0 Å². The number of halogens is 1. The molecule has 2 heterocycles. The average Bonchev–Trinajstić information content (AvgIpc) is 3.13. The summed E-state index contributed by atoms with van der Waals surface area (Å²) in [7, 11) is 1.98. The SMILES string of the molecule is Cn1cccc1/C=N/n1cnnc1SCc1ccc(Cl)cc1. The first kappa shape index (κ1) is 14.9. The lowest BCUT2D eigenvalue weighted by atomic mass is 10.2. The molecular formula is C15H14ClN5S. The Morgan fingerprint density at radius 3 is 2.82 bits per heavy atom. The fourth-order valence-corrected chi connectivity index (χ4v) is 2.80. The van der Waals surface area contributed by atoms with Crippen LogP contribution >= 0.6 is 23.4 Å². The number of thioether (sulfide) groups is 1. The molecule has 2 aromatic heterocycles. The van der Waals surface area contributed by atoms with Gasteiger partial charge in [0, 0.05) is 24.0 Å². The van der Waals surface area contributed by atoms with Crippen molar-refractivity contribution in [1.29, 1.82) is 0 Å². The maximum atomic E-state index is 5.89. The molecule has 0 atom stereocenters. The molecule has 0 aliphatic carbocycles. The second-order valence-electron chi connectivity index (χ2n) is 4.66. The van der Waals surface area contributed by atoms with E-state index in [-0.39, 0.29) is 0 Å². The smallest absolute Gasteiger partial charge is 0.212 e. The lowest BCUT2D eigenvalue weighted by Crippen LogP contribution is -1.96. The molecule has 22 heavy (non-hydrogen) atoms. The minimum Gasteiger partial charge on any atom is -0.350 e. The summed E-state index contributed by atoms with van der Waals surface area (Å²) in [5.41, 5.74) is 2.19.